The lowest BCUT2D eigenvalue weighted by Crippen LogP contribution is -2.34. The van der Waals surface area contributed by atoms with Crippen molar-refractivity contribution < 1.29 is 0 Å². The molecule has 0 aliphatic carbocycles. The number of nitrogens with zero attached hydrogens (tertiary/aromatic N) is 1. The second-order valence-electron chi connectivity index (χ2n) is 5.00. The van der Waals surface area contributed by atoms with E-state index >= 15 is 0 Å². The van der Waals surface area contributed by atoms with Gasteiger partial charge in [-0.1, -0.05) is 48.5 Å². The quantitative estimate of drug-likeness (QED) is 0.847. The minimum absolute atomic E-state index is 0.486. The zero-order chi connectivity index (χ0) is 13.5. The Morgan fingerprint density at radius 1 is 0.947 bits per heavy atom. The fourth-order valence-corrected chi connectivity index (χ4v) is 2.00. The molecular weight excluding hydrogens is 232 g/mol. The van der Waals surface area contributed by atoms with Crippen LogP contribution < -0.4 is 5.32 Å². The highest BCUT2D eigenvalue weighted by Crippen LogP contribution is 2.08. The van der Waals surface area contributed by atoms with Gasteiger partial charge in [0, 0.05) is 24.8 Å². The first-order chi connectivity index (χ1) is 9.25. The van der Waals surface area contributed by atoms with Gasteiger partial charge in [0.2, 0.25) is 0 Å². The number of likely N-dealkylation sites (N-methyl/N-ethyl adjacent to an activating group) is 1. The Morgan fingerprint density at radius 3 is 2.16 bits per heavy atom. The second kappa shape index (κ2) is 6.95. The van der Waals surface area contributed by atoms with Crippen LogP contribution in [0.25, 0.3) is 0 Å². The molecule has 19 heavy (non-hydrogen) atoms. The molecule has 100 valence electrons. The first-order valence-corrected chi connectivity index (χ1v) is 6.79. The van der Waals surface area contributed by atoms with Crippen LogP contribution in [0.5, 0.6) is 0 Å². The standard InChI is InChI=1S/C17H22N2/c1-15(13-18-17-11-7-4-8-12-17)19(2)14-16-9-5-3-6-10-16/h3-12,15,18H,13-14H2,1-2H3/t15-/m0/s1. The third kappa shape index (κ3) is 4.42. The third-order valence-corrected chi connectivity index (χ3v) is 3.40. The Kier molecular flexibility index (Phi) is 4.99. The largest absolute Gasteiger partial charge is 0.383 e. The zero-order valence-electron chi connectivity index (χ0n) is 11.7. The molecule has 0 bridgehead atoms. The molecule has 0 aliphatic heterocycles. The molecule has 0 unspecified atom stereocenters. The van der Waals surface area contributed by atoms with Gasteiger partial charge in [-0.05, 0) is 31.7 Å². The van der Waals surface area contributed by atoms with E-state index in [1.165, 1.54) is 11.3 Å². The van der Waals surface area contributed by atoms with Crippen LogP contribution in [0.4, 0.5) is 5.69 Å². The molecule has 1 N–H and O–H groups in total. The van der Waals surface area contributed by atoms with Crippen LogP contribution in [0.1, 0.15) is 12.5 Å². The minimum Gasteiger partial charge on any atom is -0.383 e. The summed E-state index contributed by atoms with van der Waals surface area (Å²) in [5.74, 6) is 0. The molecule has 0 amide bonds. The van der Waals surface area contributed by atoms with E-state index < -0.39 is 0 Å². The number of benzene rings is 2. The van der Waals surface area contributed by atoms with Crippen molar-refractivity contribution in [3.05, 3.63) is 66.2 Å². The summed E-state index contributed by atoms with van der Waals surface area (Å²) in [6.45, 7) is 4.19. The summed E-state index contributed by atoms with van der Waals surface area (Å²) < 4.78 is 0. The van der Waals surface area contributed by atoms with Gasteiger partial charge in [0.15, 0.2) is 0 Å². The van der Waals surface area contributed by atoms with Gasteiger partial charge in [0.1, 0.15) is 0 Å². The maximum Gasteiger partial charge on any atom is 0.0340 e. The van der Waals surface area contributed by atoms with Crippen molar-refractivity contribution in [1.29, 1.82) is 0 Å². The van der Waals surface area contributed by atoms with Crippen LogP contribution in [0.2, 0.25) is 0 Å². The highest BCUT2D eigenvalue weighted by atomic mass is 15.1. The van der Waals surface area contributed by atoms with Crippen LogP contribution in [0.3, 0.4) is 0 Å². The number of hydrogen-bond donors (Lipinski definition) is 1. The predicted octanol–water partition coefficient (Wildman–Crippen LogP) is 3.62. The van der Waals surface area contributed by atoms with E-state index in [2.05, 4.69) is 78.8 Å². The normalized spacial score (nSPS) is 12.4. The van der Waals surface area contributed by atoms with Crippen LogP contribution in [-0.4, -0.2) is 24.5 Å². The maximum atomic E-state index is 3.47. The van der Waals surface area contributed by atoms with Gasteiger partial charge in [-0.15, -0.1) is 0 Å². The molecule has 2 heteroatoms. The molecule has 0 heterocycles. The van der Waals surface area contributed by atoms with E-state index in [0.29, 0.717) is 6.04 Å². The number of anilines is 1. The fourth-order valence-electron chi connectivity index (χ4n) is 2.00. The van der Waals surface area contributed by atoms with Crippen molar-refractivity contribution in [2.45, 2.75) is 19.5 Å². The lowest BCUT2D eigenvalue weighted by Gasteiger charge is -2.25. The fraction of sp³-hybridized carbons (Fsp3) is 0.294. The maximum absolute atomic E-state index is 3.47. The van der Waals surface area contributed by atoms with Gasteiger partial charge in [0.25, 0.3) is 0 Å². The van der Waals surface area contributed by atoms with Gasteiger partial charge in [-0.3, -0.25) is 4.90 Å². The van der Waals surface area contributed by atoms with E-state index in [1.807, 2.05) is 6.07 Å². The molecule has 0 fully saturated rings. The molecule has 0 aromatic heterocycles. The molecule has 0 radical (unpaired) electrons. The topological polar surface area (TPSA) is 15.3 Å². The number of hydrogen-bond acceptors (Lipinski definition) is 2. The lowest BCUT2D eigenvalue weighted by atomic mass is 10.2. The molecule has 0 saturated carbocycles. The Hall–Kier alpha value is -1.80. The number of para-hydroxylation sites is 1. The molecule has 2 aromatic carbocycles. The molecule has 1 atom stereocenters. The Morgan fingerprint density at radius 2 is 1.53 bits per heavy atom. The minimum atomic E-state index is 0.486. The Balaban J connectivity index is 1.81. The summed E-state index contributed by atoms with van der Waals surface area (Å²) in [4.78, 5) is 2.37. The first kappa shape index (κ1) is 13.6. The summed E-state index contributed by atoms with van der Waals surface area (Å²) in [6.07, 6.45) is 0. The summed E-state index contributed by atoms with van der Waals surface area (Å²) in [6, 6.07) is 21.4. The van der Waals surface area contributed by atoms with Gasteiger partial charge < -0.3 is 5.32 Å². The first-order valence-electron chi connectivity index (χ1n) is 6.79. The van der Waals surface area contributed by atoms with Crippen LogP contribution in [0, 0.1) is 0 Å². The molecule has 0 spiro atoms. The van der Waals surface area contributed by atoms with Gasteiger partial charge in [-0.2, -0.15) is 0 Å². The van der Waals surface area contributed by atoms with E-state index in [4.69, 9.17) is 0 Å². The molecule has 2 rings (SSSR count). The van der Waals surface area contributed by atoms with Crippen molar-refractivity contribution in [1.82, 2.24) is 4.90 Å². The van der Waals surface area contributed by atoms with Crippen LogP contribution in [-0.2, 0) is 6.54 Å². The van der Waals surface area contributed by atoms with Gasteiger partial charge >= 0.3 is 0 Å². The number of rotatable bonds is 6. The average Bonchev–Trinajstić information content (AvgIpc) is 2.47. The second-order valence-corrected chi connectivity index (χ2v) is 5.00. The van der Waals surface area contributed by atoms with E-state index in [1.54, 1.807) is 0 Å². The molecule has 0 aliphatic rings. The predicted molar refractivity (Wildman–Crippen MR) is 82.3 cm³/mol. The van der Waals surface area contributed by atoms with Gasteiger partial charge in [0.05, 0.1) is 0 Å². The summed E-state index contributed by atoms with van der Waals surface area (Å²) >= 11 is 0. The van der Waals surface area contributed by atoms with Crippen LogP contribution in [0.15, 0.2) is 60.7 Å². The third-order valence-electron chi connectivity index (χ3n) is 3.40. The van der Waals surface area contributed by atoms with Crippen molar-refractivity contribution >= 4 is 5.69 Å². The summed E-state index contributed by atoms with van der Waals surface area (Å²) in [5, 5.41) is 3.47. The highest BCUT2D eigenvalue weighted by Gasteiger charge is 2.09. The Bertz CT molecular complexity index is 467. The van der Waals surface area contributed by atoms with E-state index in [0.717, 1.165) is 13.1 Å². The van der Waals surface area contributed by atoms with Gasteiger partial charge in [-0.25, -0.2) is 0 Å². The van der Waals surface area contributed by atoms with Crippen molar-refractivity contribution in [2.24, 2.45) is 0 Å². The van der Waals surface area contributed by atoms with Crippen molar-refractivity contribution in [3.63, 3.8) is 0 Å². The van der Waals surface area contributed by atoms with E-state index in [-0.39, 0.29) is 0 Å². The Labute approximate surface area is 116 Å². The summed E-state index contributed by atoms with van der Waals surface area (Å²) in [7, 11) is 2.17. The van der Waals surface area contributed by atoms with Crippen LogP contribution >= 0.6 is 0 Å². The van der Waals surface area contributed by atoms with Crippen molar-refractivity contribution in [3.8, 4) is 0 Å². The highest BCUT2D eigenvalue weighted by molar-refractivity contribution is 5.42. The monoisotopic (exact) mass is 254 g/mol. The number of nitrogens with one attached hydrogen (secondary N) is 1. The summed E-state index contributed by atoms with van der Waals surface area (Å²) in [5.41, 5.74) is 2.54. The zero-order valence-corrected chi connectivity index (χ0v) is 11.7. The SMILES string of the molecule is C[C@@H](CNc1ccccc1)N(C)Cc1ccccc1. The molecule has 2 aromatic rings. The van der Waals surface area contributed by atoms with E-state index in [9.17, 15) is 0 Å². The van der Waals surface area contributed by atoms with Crippen molar-refractivity contribution in [2.75, 3.05) is 18.9 Å². The average molecular weight is 254 g/mol. The molecular formula is C17H22N2. The smallest absolute Gasteiger partial charge is 0.0340 e. The molecule has 2 nitrogen and oxygen atoms in total. The lowest BCUT2D eigenvalue weighted by molar-refractivity contribution is 0.259. The molecule has 0 saturated heterocycles.